The largest absolute Gasteiger partial charge is 0.351 e. The van der Waals surface area contributed by atoms with Crippen molar-refractivity contribution in [1.29, 1.82) is 0 Å². The average molecular weight is 275 g/mol. The molecule has 1 aliphatic heterocycles. The number of hydrogen-bond donors (Lipinski definition) is 2. The van der Waals surface area contributed by atoms with Gasteiger partial charge in [-0.1, -0.05) is 12.1 Å². The summed E-state index contributed by atoms with van der Waals surface area (Å²) in [5.74, 6) is -0.0237. The Morgan fingerprint density at radius 1 is 1.30 bits per heavy atom. The van der Waals surface area contributed by atoms with Crippen molar-refractivity contribution in [2.24, 2.45) is 11.1 Å². The Kier molecular flexibility index (Phi) is 3.10. The van der Waals surface area contributed by atoms with Crippen LogP contribution in [-0.2, 0) is 16.1 Å². The van der Waals surface area contributed by atoms with Crippen LogP contribution in [-0.4, -0.2) is 30.2 Å². The van der Waals surface area contributed by atoms with E-state index in [1.165, 1.54) is 5.06 Å². The van der Waals surface area contributed by atoms with Crippen LogP contribution in [0.5, 0.6) is 0 Å². The molecule has 2 fully saturated rings. The zero-order valence-corrected chi connectivity index (χ0v) is 11.1. The summed E-state index contributed by atoms with van der Waals surface area (Å²) in [6.07, 6.45) is 2.61. The summed E-state index contributed by atoms with van der Waals surface area (Å²) < 4.78 is 0. The minimum Gasteiger partial charge on any atom is -0.351 e. The molecule has 1 spiro atoms. The molecule has 1 saturated carbocycles. The minimum absolute atomic E-state index is 0.0237. The lowest BCUT2D eigenvalue weighted by atomic mass is 10.1. The smallest absolute Gasteiger partial charge is 0.316 e. The Balaban J connectivity index is 1.57. The van der Waals surface area contributed by atoms with Gasteiger partial charge in [0.15, 0.2) is 0 Å². The van der Waals surface area contributed by atoms with E-state index in [2.05, 4.69) is 5.32 Å². The maximum atomic E-state index is 12.1. The van der Waals surface area contributed by atoms with Crippen LogP contribution in [0.15, 0.2) is 24.3 Å². The van der Waals surface area contributed by atoms with E-state index in [9.17, 15) is 9.59 Å². The number of hydrogen-bond acceptors (Lipinski definition) is 3. The molecule has 20 heavy (non-hydrogen) atoms. The Bertz CT molecular complexity index is 537. The number of carbonyl (C=O) groups is 2. The molecule has 0 atom stereocenters. The Labute approximate surface area is 116 Å². The van der Waals surface area contributed by atoms with Crippen molar-refractivity contribution in [3.05, 3.63) is 29.8 Å². The second-order valence-corrected chi connectivity index (χ2v) is 5.57. The lowest BCUT2D eigenvalue weighted by molar-refractivity contribution is -0.167. The van der Waals surface area contributed by atoms with Crippen molar-refractivity contribution >= 4 is 17.6 Å². The molecule has 3 amide bonds. The number of benzene rings is 1. The van der Waals surface area contributed by atoms with Crippen LogP contribution in [0, 0.1) is 5.41 Å². The SMILES string of the molecule is NC(=O)Nc1ccc(CC(=O)N2CC3(CC3)CO2)cc1. The number of carbonyl (C=O) groups excluding carboxylic acids is 2. The lowest BCUT2D eigenvalue weighted by Gasteiger charge is -2.14. The zero-order chi connectivity index (χ0) is 14.2. The quantitative estimate of drug-likeness (QED) is 0.871. The van der Waals surface area contributed by atoms with Gasteiger partial charge in [-0.15, -0.1) is 0 Å². The standard InChI is InChI=1S/C14H17N3O3/c15-13(19)16-11-3-1-10(2-4-11)7-12(18)17-8-14(5-6-14)9-20-17/h1-4H,5-9H2,(H3,15,16,19). The van der Waals surface area contributed by atoms with Crippen LogP contribution in [0.1, 0.15) is 18.4 Å². The number of primary amides is 1. The fourth-order valence-electron chi connectivity index (χ4n) is 2.36. The zero-order valence-electron chi connectivity index (χ0n) is 11.1. The molecule has 0 radical (unpaired) electrons. The number of urea groups is 1. The fourth-order valence-corrected chi connectivity index (χ4v) is 2.36. The summed E-state index contributed by atoms with van der Waals surface area (Å²) in [6, 6.07) is 6.44. The number of nitrogens with one attached hydrogen (secondary N) is 1. The third-order valence-electron chi connectivity index (χ3n) is 3.82. The van der Waals surface area contributed by atoms with E-state index >= 15 is 0 Å². The molecule has 6 nitrogen and oxygen atoms in total. The highest BCUT2D eigenvalue weighted by Crippen LogP contribution is 2.49. The summed E-state index contributed by atoms with van der Waals surface area (Å²) in [6.45, 7) is 1.38. The number of hydroxylamine groups is 2. The molecule has 1 heterocycles. The Morgan fingerprint density at radius 3 is 2.55 bits per heavy atom. The van der Waals surface area contributed by atoms with Gasteiger partial charge in [-0.05, 0) is 30.5 Å². The maximum Gasteiger partial charge on any atom is 0.316 e. The van der Waals surface area contributed by atoms with Gasteiger partial charge in [0.05, 0.1) is 19.6 Å². The van der Waals surface area contributed by atoms with Crippen molar-refractivity contribution in [1.82, 2.24) is 5.06 Å². The predicted molar refractivity (Wildman–Crippen MR) is 72.7 cm³/mol. The van der Waals surface area contributed by atoms with Gasteiger partial charge in [0.2, 0.25) is 0 Å². The van der Waals surface area contributed by atoms with E-state index in [4.69, 9.17) is 10.6 Å². The van der Waals surface area contributed by atoms with Crippen LogP contribution in [0.3, 0.4) is 0 Å². The molecule has 0 bridgehead atoms. The molecule has 0 aromatic heterocycles. The highest BCUT2D eigenvalue weighted by molar-refractivity contribution is 5.87. The van der Waals surface area contributed by atoms with E-state index in [1.54, 1.807) is 24.3 Å². The molecule has 6 heteroatoms. The average Bonchev–Trinajstić information content (AvgIpc) is 3.01. The van der Waals surface area contributed by atoms with Crippen molar-refractivity contribution in [2.75, 3.05) is 18.5 Å². The lowest BCUT2D eigenvalue weighted by Crippen LogP contribution is -2.29. The molecule has 1 aliphatic carbocycles. The first-order valence-corrected chi connectivity index (χ1v) is 6.65. The van der Waals surface area contributed by atoms with Crippen LogP contribution in [0.2, 0.25) is 0 Å². The van der Waals surface area contributed by atoms with Crippen LogP contribution >= 0.6 is 0 Å². The molecule has 106 valence electrons. The van der Waals surface area contributed by atoms with Gasteiger partial charge in [0.25, 0.3) is 5.91 Å². The highest BCUT2D eigenvalue weighted by Gasteiger charge is 2.50. The first-order valence-electron chi connectivity index (χ1n) is 6.65. The van der Waals surface area contributed by atoms with Crippen LogP contribution < -0.4 is 11.1 Å². The van der Waals surface area contributed by atoms with Gasteiger partial charge in [-0.2, -0.15) is 0 Å². The summed E-state index contributed by atoms with van der Waals surface area (Å²) in [5.41, 5.74) is 6.78. The molecule has 1 aromatic rings. The molecule has 2 aliphatic rings. The summed E-state index contributed by atoms with van der Waals surface area (Å²) >= 11 is 0. The van der Waals surface area contributed by atoms with Gasteiger partial charge in [-0.25, -0.2) is 9.86 Å². The normalized spacial score (nSPS) is 19.1. The van der Waals surface area contributed by atoms with E-state index in [-0.39, 0.29) is 11.3 Å². The molecular formula is C14H17N3O3. The van der Waals surface area contributed by atoms with E-state index in [0.717, 1.165) is 18.4 Å². The predicted octanol–water partition coefficient (Wildman–Crippen LogP) is 1.27. The Morgan fingerprint density at radius 2 is 2.00 bits per heavy atom. The first kappa shape index (κ1) is 12.9. The number of nitrogens with zero attached hydrogens (tertiary/aromatic N) is 1. The van der Waals surface area contributed by atoms with Gasteiger partial charge < -0.3 is 11.1 Å². The van der Waals surface area contributed by atoms with Crippen molar-refractivity contribution in [3.63, 3.8) is 0 Å². The molecule has 1 aromatic carbocycles. The minimum atomic E-state index is -0.603. The van der Waals surface area contributed by atoms with E-state index in [1.807, 2.05) is 0 Å². The molecular weight excluding hydrogens is 258 g/mol. The number of rotatable bonds is 3. The first-order chi connectivity index (χ1) is 9.56. The van der Waals surface area contributed by atoms with Crippen molar-refractivity contribution < 1.29 is 14.4 Å². The Hall–Kier alpha value is -2.08. The molecule has 3 rings (SSSR count). The molecule has 1 saturated heterocycles. The number of nitrogens with two attached hydrogens (primary N) is 1. The maximum absolute atomic E-state index is 12.1. The van der Waals surface area contributed by atoms with Gasteiger partial charge >= 0.3 is 6.03 Å². The van der Waals surface area contributed by atoms with Crippen LogP contribution in [0.25, 0.3) is 0 Å². The third-order valence-corrected chi connectivity index (χ3v) is 3.82. The fraction of sp³-hybridized carbons (Fsp3) is 0.429. The van der Waals surface area contributed by atoms with Crippen molar-refractivity contribution in [3.8, 4) is 0 Å². The van der Waals surface area contributed by atoms with E-state index in [0.29, 0.717) is 25.3 Å². The third kappa shape index (κ3) is 2.75. The van der Waals surface area contributed by atoms with Gasteiger partial charge in [0, 0.05) is 11.1 Å². The number of anilines is 1. The summed E-state index contributed by atoms with van der Waals surface area (Å²) in [4.78, 5) is 28.3. The molecule has 3 N–H and O–H groups in total. The topological polar surface area (TPSA) is 84.7 Å². The summed E-state index contributed by atoms with van der Waals surface area (Å²) in [7, 11) is 0. The monoisotopic (exact) mass is 275 g/mol. The van der Waals surface area contributed by atoms with E-state index < -0.39 is 6.03 Å². The second kappa shape index (κ2) is 4.79. The van der Waals surface area contributed by atoms with Gasteiger partial charge in [0.1, 0.15) is 0 Å². The van der Waals surface area contributed by atoms with Crippen LogP contribution in [0.4, 0.5) is 10.5 Å². The second-order valence-electron chi connectivity index (χ2n) is 5.57. The van der Waals surface area contributed by atoms with Gasteiger partial charge in [-0.3, -0.25) is 9.63 Å². The van der Waals surface area contributed by atoms with Crippen molar-refractivity contribution in [2.45, 2.75) is 19.3 Å². The number of amides is 3. The summed E-state index contributed by atoms with van der Waals surface area (Å²) in [5, 5.41) is 3.97. The molecule has 0 unspecified atom stereocenters. The highest BCUT2D eigenvalue weighted by atomic mass is 16.7.